The normalized spacial score (nSPS) is 26.5. The van der Waals surface area contributed by atoms with Crippen LogP contribution in [0.4, 0.5) is 0 Å². The van der Waals surface area contributed by atoms with Crippen molar-refractivity contribution in [1.29, 1.82) is 0 Å². The molecule has 5 heteroatoms. The zero-order valence-corrected chi connectivity index (χ0v) is 6.12. The van der Waals surface area contributed by atoms with Gasteiger partial charge in [0.2, 0.25) is 0 Å². The van der Waals surface area contributed by atoms with Crippen molar-refractivity contribution in [2.24, 2.45) is 0 Å². The Morgan fingerprint density at radius 2 is 1.73 bits per heavy atom. The summed E-state index contributed by atoms with van der Waals surface area (Å²) in [6.07, 6.45) is 0.504. The van der Waals surface area contributed by atoms with Crippen LogP contribution in [0.5, 0.6) is 0 Å². The van der Waals surface area contributed by atoms with Crippen LogP contribution in [0.15, 0.2) is 0 Å². The fraction of sp³-hybridized carbons (Fsp3) is 0.500. The number of hydrogen-bond acceptors (Lipinski definition) is 4. The Labute approximate surface area is 63.8 Å². The molecule has 11 heavy (non-hydrogen) atoms. The molecule has 0 amide bonds. The van der Waals surface area contributed by atoms with Crippen LogP contribution < -0.4 is 0 Å². The predicted octanol–water partition coefficient (Wildman–Crippen LogP) is 0.0659. The van der Waals surface area contributed by atoms with Crippen LogP contribution >= 0.6 is 0 Å². The third-order valence-corrected chi connectivity index (χ3v) is 2.20. The van der Waals surface area contributed by atoms with Crippen molar-refractivity contribution in [2.45, 2.75) is 19.7 Å². The second-order valence-corrected chi connectivity index (χ2v) is 3.08. The van der Waals surface area contributed by atoms with Gasteiger partial charge in [-0.15, -0.1) is 0 Å². The topological polar surface area (TPSA) is 52.6 Å². The highest BCUT2D eigenvalue weighted by Crippen LogP contribution is 2.39. The van der Waals surface area contributed by atoms with Gasteiger partial charge >= 0.3 is 18.5 Å². The van der Waals surface area contributed by atoms with E-state index < -0.39 is 6.55 Å². The molecule has 0 aromatic heterocycles. The van der Waals surface area contributed by atoms with Crippen molar-refractivity contribution in [1.82, 2.24) is 0 Å². The molecule has 0 bridgehead atoms. The summed E-state index contributed by atoms with van der Waals surface area (Å²) in [5, 5.41) is 0. The van der Waals surface area contributed by atoms with Crippen molar-refractivity contribution in [3.05, 3.63) is 5.82 Å². The molecule has 58 valence electrons. The average Bonchev–Trinajstić information content (AvgIpc) is 2.16. The van der Waals surface area contributed by atoms with Crippen LogP contribution in [0.25, 0.3) is 0 Å². The minimum Gasteiger partial charge on any atom is -0.614 e. The highest BCUT2D eigenvalue weighted by Gasteiger charge is 2.60. The summed E-state index contributed by atoms with van der Waals surface area (Å²) in [6, 6.07) is 0. The SMILES string of the molecule is C[B-]12OC(=O)C[C+]1CC(=O)O2. The fourth-order valence-electron chi connectivity index (χ4n) is 1.58. The quantitative estimate of drug-likeness (QED) is 0.365. The Morgan fingerprint density at radius 1 is 1.27 bits per heavy atom. The number of fused-ring (bicyclic) bond motifs is 1. The summed E-state index contributed by atoms with van der Waals surface area (Å²) >= 11 is 0. The molecule has 0 N–H and O–H groups in total. The molecular formula is C6H7BO4. The Hall–Kier alpha value is -1.13. The molecule has 0 aromatic carbocycles. The van der Waals surface area contributed by atoms with Crippen molar-refractivity contribution >= 4 is 18.5 Å². The lowest BCUT2D eigenvalue weighted by Crippen LogP contribution is -2.35. The summed E-state index contributed by atoms with van der Waals surface area (Å²) < 4.78 is 9.77. The smallest absolute Gasteiger partial charge is 0.556 e. The van der Waals surface area contributed by atoms with E-state index in [2.05, 4.69) is 0 Å². The number of carbonyl (C=O) groups excluding carboxylic acids is 2. The molecule has 4 nitrogen and oxygen atoms in total. The lowest BCUT2D eigenvalue weighted by molar-refractivity contribution is -0.138. The van der Waals surface area contributed by atoms with Gasteiger partial charge in [-0.25, -0.2) is 0 Å². The zero-order valence-electron chi connectivity index (χ0n) is 6.12. The summed E-state index contributed by atoms with van der Waals surface area (Å²) in [7, 11) is 0. The molecule has 0 spiro atoms. The molecule has 2 aliphatic heterocycles. The number of carbonyl (C=O) groups is 2. The Kier molecular flexibility index (Phi) is 1.03. The maximum Gasteiger partial charge on any atom is 0.556 e. The largest absolute Gasteiger partial charge is 0.614 e. The molecule has 2 rings (SSSR count). The first-order chi connectivity index (χ1) is 5.10. The van der Waals surface area contributed by atoms with E-state index in [4.69, 9.17) is 9.31 Å². The first-order valence-electron chi connectivity index (χ1n) is 3.57. The number of rotatable bonds is 0. The highest BCUT2D eigenvalue weighted by molar-refractivity contribution is 6.78. The second kappa shape index (κ2) is 1.72. The molecule has 0 unspecified atom stereocenters. The fourth-order valence-corrected chi connectivity index (χ4v) is 1.58. The molecule has 0 aromatic rings. The van der Waals surface area contributed by atoms with Gasteiger partial charge in [-0.3, -0.25) is 9.59 Å². The first-order valence-corrected chi connectivity index (χ1v) is 3.57. The lowest BCUT2D eigenvalue weighted by Gasteiger charge is -2.18. The standard InChI is InChI=1S/C6H7BO4/c1-7-4(2-5(8)10-7)3-6(9)11-7/h2-3H2,1H3. The summed E-state index contributed by atoms with van der Waals surface area (Å²) in [4.78, 5) is 21.5. The lowest BCUT2D eigenvalue weighted by atomic mass is 9.51. The third-order valence-electron chi connectivity index (χ3n) is 2.20. The zero-order chi connectivity index (χ0) is 8.06. The third kappa shape index (κ3) is 0.802. The molecular weight excluding hydrogens is 147 g/mol. The van der Waals surface area contributed by atoms with Crippen molar-refractivity contribution in [3.63, 3.8) is 0 Å². The van der Waals surface area contributed by atoms with Gasteiger partial charge in [-0.1, -0.05) is 6.82 Å². The van der Waals surface area contributed by atoms with E-state index in [0.717, 1.165) is 5.82 Å². The molecule has 2 saturated heterocycles. The van der Waals surface area contributed by atoms with Gasteiger partial charge < -0.3 is 9.31 Å². The molecule has 0 atom stereocenters. The van der Waals surface area contributed by atoms with Gasteiger partial charge in [0.05, 0.1) is 0 Å². The van der Waals surface area contributed by atoms with Gasteiger partial charge in [0.15, 0.2) is 0 Å². The van der Waals surface area contributed by atoms with Gasteiger partial charge in [-0.05, 0) is 0 Å². The van der Waals surface area contributed by atoms with E-state index in [1.165, 1.54) is 0 Å². The van der Waals surface area contributed by atoms with Gasteiger partial charge in [0.25, 0.3) is 0 Å². The monoisotopic (exact) mass is 154 g/mol. The maximum atomic E-state index is 10.7. The van der Waals surface area contributed by atoms with E-state index in [0.29, 0.717) is 0 Å². The summed E-state index contributed by atoms with van der Waals surface area (Å²) in [6.45, 7) is -0.0181. The molecule has 0 saturated carbocycles. The minimum atomic E-state index is -1.68. The Balaban J connectivity index is 2.25. The molecule has 0 radical (unpaired) electrons. The molecule has 2 fully saturated rings. The van der Waals surface area contributed by atoms with E-state index in [9.17, 15) is 9.59 Å². The molecule has 2 heterocycles. The van der Waals surface area contributed by atoms with E-state index in [1.807, 2.05) is 0 Å². The summed E-state index contributed by atoms with van der Waals surface area (Å²) in [5.41, 5.74) is 0. The predicted molar refractivity (Wildman–Crippen MR) is 36.3 cm³/mol. The van der Waals surface area contributed by atoms with Gasteiger partial charge in [-0.2, -0.15) is 0 Å². The molecule has 0 aliphatic carbocycles. The van der Waals surface area contributed by atoms with E-state index in [1.54, 1.807) is 6.82 Å². The number of hydrogen-bond donors (Lipinski definition) is 0. The van der Waals surface area contributed by atoms with Crippen LogP contribution in [-0.2, 0) is 18.9 Å². The van der Waals surface area contributed by atoms with Crippen molar-refractivity contribution in [3.8, 4) is 0 Å². The van der Waals surface area contributed by atoms with Gasteiger partial charge in [0.1, 0.15) is 12.8 Å². The van der Waals surface area contributed by atoms with Crippen molar-refractivity contribution < 1.29 is 18.9 Å². The maximum absolute atomic E-state index is 10.7. The van der Waals surface area contributed by atoms with Crippen LogP contribution in [0.3, 0.4) is 0 Å². The van der Waals surface area contributed by atoms with Gasteiger partial charge in [0, 0.05) is 5.82 Å². The Morgan fingerprint density at radius 3 is 2.09 bits per heavy atom. The van der Waals surface area contributed by atoms with Crippen LogP contribution in [-0.4, -0.2) is 18.5 Å². The second-order valence-electron chi connectivity index (χ2n) is 3.08. The molecule has 2 aliphatic rings. The minimum absolute atomic E-state index is 0.252. The average molecular weight is 154 g/mol. The summed E-state index contributed by atoms with van der Waals surface area (Å²) in [5.74, 6) is 0.241. The Bertz CT molecular complexity index is 217. The first kappa shape index (κ1) is 6.58. The van der Waals surface area contributed by atoms with Crippen LogP contribution in [0, 0.1) is 5.82 Å². The van der Waals surface area contributed by atoms with Crippen LogP contribution in [0.1, 0.15) is 12.8 Å². The van der Waals surface area contributed by atoms with E-state index in [-0.39, 0.29) is 24.8 Å². The van der Waals surface area contributed by atoms with Crippen LogP contribution in [0.2, 0.25) is 6.82 Å². The highest BCUT2D eigenvalue weighted by atomic mass is 16.7. The van der Waals surface area contributed by atoms with E-state index >= 15 is 0 Å². The van der Waals surface area contributed by atoms with Crippen molar-refractivity contribution in [2.75, 3.05) is 0 Å².